The Labute approximate surface area is 123 Å². The van der Waals surface area contributed by atoms with Gasteiger partial charge >= 0.3 is 0 Å². The second kappa shape index (κ2) is 5.07. The van der Waals surface area contributed by atoms with Crippen LogP contribution in [0.4, 0.5) is 5.82 Å². The molecule has 0 amide bonds. The number of nitrogens with zero attached hydrogens (tertiary/aromatic N) is 2. The van der Waals surface area contributed by atoms with Crippen LogP contribution in [0.1, 0.15) is 12.8 Å². The van der Waals surface area contributed by atoms with E-state index in [4.69, 9.17) is 9.47 Å². The van der Waals surface area contributed by atoms with E-state index in [-0.39, 0.29) is 13.4 Å². The Morgan fingerprint density at radius 3 is 3.00 bits per heavy atom. The molecule has 0 spiro atoms. The van der Waals surface area contributed by atoms with Gasteiger partial charge in [-0.05, 0) is 42.3 Å². The maximum atomic E-state index is 9.41. The summed E-state index contributed by atoms with van der Waals surface area (Å²) in [6.45, 7) is 2.37. The second-order valence-corrected chi connectivity index (χ2v) is 5.70. The second-order valence-electron chi connectivity index (χ2n) is 5.70. The largest absolute Gasteiger partial charge is 0.454 e. The topological polar surface area (TPSA) is 54.8 Å². The molecule has 0 saturated carbocycles. The molecule has 4 rings (SSSR count). The average Bonchev–Trinajstić information content (AvgIpc) is 2.99. The van der Waals surface area contributed by atoms with Crippen molar-refractivity contribution in [3.05, 3.63) is 24.4 Å². The highest BCUT2D eigenvalue weighted by Gasteiger charge is 2.23. The highest BCUT2D eigenvalue weighted by molar-refractivity contribution is 5.94. The molecule has 2 aliphatic rings. The Morgan fingerprint density at radius 2 is 2.14 bits per heavy atom. The first kappa shape index (κ1) is 12.7. The number of anilines is 1. The standard InChI is InChI=1S/C16H18N2O3/c19-9-11-2-1-5-18(8-11)16-13-7-15-14(20-10-21-15)6-12(13)3-4-17-16/h3-4,6-7,11,19H,1-2,5,8-10H2. The molecule has 1 aromatic heterocycles. The maximum absolute atomic E-state index is 9.41. The van der Waals surface area contributed by atoms with Gasteiger partial charge in [0.25, 0.3) is 0 Å². The fraction of sp³-hybridized carbons (Fsp3) is 0.438. The minimum absolute atomic E-state index is 0.244. The van der Waals surface area contributed by atoms with Crippen molar-refractivity contribution in [2.45, 2.75) is 12.8 Å². The van der Waals surface area contributed by atoms with Crippen molar-refractivity contribution in [1.82, 2.24) is 4.98 Å². The summed E-state index contributed by atoms with van der Waals surface area (Å²) in [6.07, 6.45) is 4.01. The van der Waals surface area contributed by atoms with Crippen molar-refractivity contribution in [2.24, 2.45) is 5.92 Å². The van der Waals surface area contributed by atoms with E-state index in [0.29, 0.717) is 5.92 Å². The molecule has 0 aliphatic carbocycles. The minimum Gasteiger partial charge on any atom is -0.454 e. The van der Waals surface area contributed by atoms with Gasteiger partial charge in [-0.15, -0.1) is 0 Å². The van der Waals surface area contributed by atoms with Crippen molar-refractivity contribution >= 4 is 16.6 Å². The van der Waals surface area contributed by atoms with Crippen LogP contribution in [0.3, 0.4) is 0 Å². The van der Waals surface area contributed by atoms with E-state index in [9.17, 15) is 5.11 Å². The zero-order chi connectivity index (χ0) is 14.2. The van der Waals surface area contributed by atoms with Gasteiger partial charge in [-0.2, -0.15) is 0 Å². The Bertz CT molecular complexity index is 674. The number of hydrogen-bond acceptors (Lipinski definition) is 5. The molecule has 110 valence electrons. The van der Waals surface area contributed by atoms with Crippen molar-refractivity contribution in [3.8, 4) is 11.5 Å². The van der Waals surface area contributed by atoms with Crippen LogP contribution < -0.4 is 14.4 Å². The maximum Gasteiger partial charge on any atom is 0.231 e. The van der Waals surface area contributed by atoms with Gasteiger partial charge in [0.2, 0.25) is 6.79 Å². The number of fused-ring (bicyclic) bond motifs is 2. The normalized spacial score (nSPS) is 21.0. The van der Waals surface area contributed by atoms with E-state index in [1.807, 2.05) is 24.4 Å². The lowest BCUT2D eigenvalue weighted by Gasteiger charge is -2.33. The van der Waals surface area contributed by atoms with Crippen molar-refractivity contribution in [3.63, 3.8) is 0 Å². The van der Waals surface area contributed by atoms with E-state index in [0.717, 1.165) is 54.0 Å². The average molecular weight is 286 g/mol. The van der Waals surface area contributed by atoms with E-state index in [2.05, 4.69) is 9.88 Å². The van der Waals surface area contributed by atoms with Crippen molar-refractivity contribution in [1.29, 1.82) is 0 Å². The van der Waals surface area contributed by atoms with Crippen LogP contribution in [0.5, 0.6) is 11.5 Å². The first-order valence-corrected chi connectivity index (χ1v) is 7.39. The molecule has 5 nitrogen and oxygen atoms in total. The molecule has 1 N–H and O–H groups in total. The van der Waals surface area contributed by atoms with Crippen molar-refractivity contribution < 1.29 is 14.6 Å². The molecular formula is C16H18N2O3. The third-order valence-corrected chi connectivity index (χ3v) is 4.31. The van der Waals surface area contributed by atoms with Crippen LogP contribution in [-0.2, 0) is 0 Å². The zero-order valence-electron chi connectivity index (χ0n) is 11.8. The Kier molecular flexibility index (Phi) is 3.07. The predicted octanol–water partition coefficient (Wildman–Crippen LogP) is 2.17. The number of benzene rings is 1. The van der Waals surface area contributed by atoms with E-state index in [1.165, 1.54) is 0 Å². The molecule has 1 saturated heterocycles. The molecule has 0 radical (unpaired) electrons. The third-order valence-electron chi connectivity index (χ3n) is 4.31. The van der Waals surface area contributed by atoms with Crippen molar-refractivity contribution in [2.75, 3.05) is 31.4 Å². The number of aliphatic hydroxyl groups is 1. The summed E-state index contributed by atoms with van der Waals surface area (Å²) in [4.78, 5) is 6.85. The molecule has 3 heterocycles. The van der Waals surface area contributed by atoms with Gasteiger partial charge in [0.05, 0.1) is 0 Å². The molecule has 1 atom stereocenters. The smallest absolute Gasteiger partial charge is 0.231 e. The third kappa shape index (κ3) is 2.17. The Balaban J connectivity index is 1.78. The quantitative estimate of drug-likeness (QED) is 0.917. The van der Waals surface area contributed by atoms with E-state index in [1.54, 1.807) is 0 Å². The molecular weight excluding hydrogens is 268 g/mol. The molecule has 1 unspecified atom stereocenters. The molecule has 1 aromatic carbocycles. The number of hydrogen-bond donors (Lipinski definition) is 1. The number of piperidine rings is 1. The predicted molar refractivity (Wildman–Crippen MR) is 79.9 cm³/mol. The summed E-state index contributed by atoms with van der Waals surface area (Å²) in [6, 6.07) is 6.02. The number of rotatable bonds is 2. The van der Waals surface area contributed by atoms with Crippen LogP contribution >= 0.6 is 0 Å². The number of aliphatic hydroxyl groups excluding tert-OH is 1. The van der Waals surface area contributed by atoms with Gasteiger partial charge in [0.1, 0.15) is 5.82 Å². The van der Waals surface area contributed by atoms with E-state index < -0.39 is 0 Å². The van der Waals surface area contributed by atoms with Crippen LogP contribution in [0, 0.1) is 5.92 Å². The highest BCUT2D eigenvalue weighted by Crippen LogP contribution is 2.39. The van der Waals surface area contributed by atoms with Gasteiger partial charge in [-0.1, -0.05) is 0 Å². The summed E-state index contributed by atoms with van der Waals surface area (Å²) in [7, 11) is 0. The molecule has 5 heteroatoms. The van der Waals surface area contributed by atoms with Crippen LogP contribution in [0.15, 0.2) is 24.4 Å². The number of pyridine rings is 1. The van der Waals surface area contributed by atoms with Gasteiger partial charge < -0.3 is 19.5 Å². The van der Waals surface area contributed by atoms with Gasteiger partial charge in [-0.3, -0.25) is 0 Å². The summed E-state index contributed by atoms with van der Waals surface area (Å²) >= 11 is 0. The Morgan fingerprint density at radius 1 is 1.29 bits per heavy atom. The lowest BCUT2D eigenvalue weighted by molar-refractivity contribution is 0.174. The Hall–Kier alpha value is -2.01. The fourth-order valence-corrected chi connectivity index (χ4v) is 3.21. The number of aromatic nitrogens is 1. The lowest BCUT2D eigenvalue weighted by atomic mass is 9.98. The molecule has 21 heavy (non-hydrogen) atoms. The fourth-order valence-electron chi connectivity index (χ4n) is 3.21. The van der Waals surface area contributed by atoms with Crippen LogP contribution in [-0.4, -0.2) is 36.6 Å². The van der Waals surface area contributed by atoms with Gasteiger partial charge in [0.15, 0.2) is 11.5 Å². The van der Waals surface area contributed by atoms with Crippen LogP contribution in [0.2, 0.25) is 0 Å². The molecule has 0 bridgehead atoms. The first-order valence-electron chi connectivity index (χ1n) is 7.39. The SMILES string of the molecule is OCC1CCCN(c2nccc3cc4c(cc23)OCO4)C1. The van der Waals surface area contributed by atoms with E-state index >= 15 is 0 Å². The molecule has 2 aromatic rings. The van der Waals surface area contributed by atoms with Gasteiger partial charge in [0, 0.05) is 31.3 Å². The molecule has 2 aliphatic heterocycles. The summed E-state index contributed by atoms with van der Waals surface area (Å²) in [5.41, 5.74) is 0. The summed E-state index contributed by atoms with van der Waals surface area (Å²) in [5, 5.41) is 11.6. The van der Waals surface area contributed by atoms with Gasteiger partial charge in [-0.25, -0.2) is 4.98 Å². The minimum atomic E-state index is 0.244. The first-order chi connectivity index (χ1) is 10.3. The summed E-state index contributed by atoms with van der Waals surface area (Å²) < 4.78 is 10.9. The number of ether oxygens (including phenoxy) is 2. The lowest BCUT2D eigenvalue weighted by Crippen LogP contribution is -2.37. The van der Waals surface area contributed by atoms with Crippen LogP contribution in [0.25, 0.3) is 10.8 Å². The molecule has 1 fully saturated rings. The highest BCUT2D eigenvalue weighted by atomic mass is 16.7. The summed E-state index contributed by atoms with van der Waals surface area (Å²) in [5.74, 6) is 2.90. The zero-order valence-corrected chi connectivity index (χ0v) is 11.8. The monoisotopic (exact) mass is 286 g/mol.